The Morgan fingerprint density at radius 3 is 2.22 bits per heavy atom. The van der Waals surface area contributed by atoms with Crippen molar-refractivity contribution in [1.82, 2.24) is 4.90 Å². The molecule has 5 nitrogen and oxygen atoms in total. The van der Waals surface area contributed by atoms with Crippen LogP contribution in [0, 0.1) is 0 Å². The number of carbonyl (C=O) groups is 2. The summed E-state index contributed by atoms with van der Waals surface area (Å²) in [5, 5.41) is 9.45. The first-order valence-electron chi connectivity index (χ1n) is 8.73. The van der Waals surface area contributed by atoms with Crippen molar-refractivity contribution in [3.8, 4) is 5.75 Å². The van der Waals surface area contributed by atoms with Gasteiger partial charge in [-0.15, -0.1) is 6.58 Å². The van der Waals surface area contributed by atoms with Crippen LogP contribution in [0.5, 0.6) is 5.75 Å². The Hall–Kier alpha value is -3.08. The molecular weight excluding hydrogens is 342 g/mol. The molecule has 0 unspecified atom stereocenters. The number of amides is 2. The number of aromatic hydroxyl groups is 1. The van der Waals surface area contributed by atoms with Gasteiger partial charge < -0.3 is 9.84 Å². The van der Waals surface area contributed by atoms with Gasteiger partial charge in [-0.3, -0.25) is 4.79 Å². The second kappa shape index (κ2) is 8.54. The molecule has 0 bridgehead atoms. The van der Waals surface area contributed by atoms with Crippen LogP contribution in [0.1, 0.15) is 36.7 Å². The Balaban J connectivity index is 2.36. The van der Waals surface area contributed by atoms with E-state index in [0.717, 1.165) is 10.5 Å². The average molecular weight is 367 g/mol. The fourth-order valence-electron chi connectivity index (χ4n) is 2.55. The summed E-state index contributed by atoms with van der Waals surface area (Å²) < 4.78 is 5.46. The normalized spacial score (nSPS) is 12.1. The number of phenolic OH excluding ortho intramolecular Hbond substituents is 1. The predicted molar refractivity (Wildman–Crippen MR) is 105 cm³/mol. The number of benzene rings is 2. The number of rotatable bonds is 5. The van der Waals surface area contributed by atoms with Crippen molar-refractivity contribution in [2.45, 2.75) is 38.8 Å². The minimum absolute atomic E-state index is 0.151. The van der Waals surface area contributed by atoms with E-state index in [1.54, 1.807) is 81.4 Å². The van der Waals surface area contributed by atoms with Gasteiger partial charge in [0, 0.05) is 5.56 Å². The van der Waals surface area contributed by atoms with Crippen LogP contribution in [0.4, 0.5) is 4.79 Å². The first-order valence-corrected chi connectivity index (χ1v) is 8.73. The maximum Gasteiger partial charge on any atom is 0.417 e. The van der Waals surface area contributed by atoms with Gasteiger partial charge in [0.2, 0.25) is 0 Å². The van der Waals surface area contributed by atoms with E-state index in [1.165, 1.54) is 0 Å². The zero-order valence-corrected chi connectivity index (χ0v) is 15.9. The molecule has 2 rings (SSSR count). The number of phenols is 1. The van der Waals surface area contributed by atoms with Gasteiger partial charge in [-0.2, -0.15) is 0 Å². The molecular formula is C22H25NO4. The molecule has 1 atom stereocenters. The summed E-state index contributed by atoms with van der Waals surface area (Å²) in [5.74, 6) is -0.299. The highest BCUT2D eigenvalue weighted by Crippen LogP contribution is 2.20. The minimum atomic E-state index is -0.740. The van der Waals surface area contributed by atoms with Crippen molar-refractivity contribution in [2.24, 2.45) is 0 Å². The van der Waals surface area contributed by atoms with Gasteiger partial charge in [0.05, 0.1) is 6.04 Å². The van der Waals surface area contributed by atoms with Crippen molar-refractivity contribution in [3.05, 3.63) is 78.4 Å². The largest absolute Gasteiger partial charge is 0.508 e. The Morgan fingerprint density at radius 1 is 1.11 bits per heavy atom. The standard InChI is InChI=1S/C22H25NO4/c1-5-18(15-16-11-13-19(24)14-12-16)23(21(26)27-22(2,3)4)20(25)17-9-7-6-8-10-17/h5-14,18,24H,1,15H2,2-4H3/t18-/m1/s1. The minimum Gasteiger partial charge on any atom is -0.508 e. The lowest BCUT2D eigenvalue weighted by atomic mass is 10.0. The first kappa shape index (κ1) is 20.2. The molecule has 27 heavy (non-hydrogen) atoms. The molecule has 0 saturated heterocycles. The zero-order valence-electron chi connectivity index (χ0n) is 15.9. The fourth-order valence-corrected chi connectivity index (χ4v) is 2.55. The third-order valence-electron chi connectivity index (χ3n) is 3.81. The Kier molecular flexibility index (Phi) is 6.40. The molecule has 142 valence electrons. The van der Waals surface area contributed by atoms with E-state index in [-0.39, 0.29) is 5.75 Å². The monoisotopic (exact) mass is 367 g/mol. The van der Waals surface area contributed by atoms with E-state index in [4.69, 9.17) is 4.74 Å². The van der Waals surface area contributed by atoms with Crippen LogP contribution in [0.2, 0.25) is 0 Å². The highest BCUT2D eigenvalue weighted by atomic mass is 16.6. The van der Waals surface area contributed by atoms with E-state index in [1.807, 2.05) is 0 Å². The SMILES string of the molecule is C=C[C@H](Cc1ccc(O)cc1)N(C(=O)OC(C)(C)C)C(=O)c1ccccc1. The topological polar surface area (TPSA) is 66.8 Å². The molecule has 2 aromatic rings. The van der Waals surface area contributed by atoms with Crippen LogP contribution < -0.4 is 0 Å². The Labute approximate surface area is 159 Å². The van der Waals surface area contributed by atoms with Gasteiger partial charge >= 0.3 is 6.09 Å². The second-order valence-electron chi connectivity index (χ2n) is 7.20. The molecule has 0 spiro atoms. The maximum atomic E-state index is 13.1. The molecule has 0 saturated carbocycles. The van der Waals surface area contributed by atoms with Crippen LogP contribution >= 0.6 is 0 Å². The molecule has 1 N–H and O–H groups in total. The van der Waals surface area contributed by atoms with Gasteiger partial charge in [-0.05, 0) is 57.0 Å². The summed E-state index contributed by atoms with van der Waals surface area (Å²) in [4.78, 5) is 27.0. The third kappa shape index (κ3) is 5.71. The molecule has 5 heteroatoms. The zero-order chi connectivity index (χ0) is 20.0. The van der Waals surface area contributed by atoms with E-state index < -0.39 is 23.6 Å². The maximum absolute atomic E-state index is 13.1. The van der Waals surface area contributed by atoms with Gasteiger partial charge in [0.1, 0.15) is 11.4 Å². The first-order chi connectivity index (χ1) is 12.7. The molecule has 0 aromatic heterocycles. The lowest BCUT2D eigenvalue weighted by molar-refractivity contribution is 0.0198. The fraction of sp³-hybridized carbons (Fsp3) is 0.273. The molecule has 0 aliphatic carbocycles. The smallest absolute Gasteiger partial charge is 0.417 e. The number of imide groups is 1. The van der Waals surface area contributed by atoms with E-state index >= 15 is 0 Å². The lowest BCUT2D eigenvalue weighted by Gasteiger charge is -2.30. The molecule has 0 aliphatic heterocycles. The highest BCUT2D eigenvalue weighted by Gasteiger charge is 2.33. The summed E-state index contributed by atoms with van der Waals surface area (Å²) in [6.45, 7) is 9.05. The van der Waals surface area contributed by atoms with Gasteiger partial charge in [-0.25, -0.2) is 9.69 Å². The van der Waals surface area contributed by atoms with Gasteiger partial charge in [0.15, 0.2) is 0 Å². The van der Waals surface area contributed by atoms with Gasteiger partial charge in [-0.1, -0.05) is 36.4 Å². The van der Waals surface area contributed by atoms with Crippen molar-refractivity contribution in [1.29, 1.82) is 0 Å². The number of ether oxygens (including phenoxy) is 1. The highest BCUT2D eigenvalue weighted by molar-refractivity contribution is 6.03. The van der Waals surface area contributed by atoms with Crippen LogP contribution in [0.15, 0.2) is 67.3 Å². The Bertz CT molecular complexity index is 791. The predicted octanol–water partition coefficient (Wildman–Crippen LogP) is 4.57. The quantitative estimate of drug-likeness (QED) is 0.786. The number of hydrogen-bond acceptors (Lipinski definition) is 4. The summed E-state index contributed by atoms with van der Waals surface area (Å²) >= 11 is 0. The molecule has 0 heterocycles. The number of hydrogen-bond donors (Lipinski definition) is 1. The molecule has 0 aliphatic rings. The van der Waals surface area contributed by atoms with Crippen molar-refractivity contribution >= 4 is 12.0 Å². The summed E-state index contributed by atoms with van der Waals surface area (Å²) in [5.41, 5.74) is 0.504. The van der Waals surface area contributed by atoms with Crippen LogP contribution in [0.25, 0.3) is 0 Å². The lowest BCUT2D eigenvalue weighted by Crippen LogP contribution is -2.47. The molecule has 0 radical (unpaired) electrons. The number of carbonyl (C=O) groups excluding carboxylic acids is 2. The van der Waals surface area contributed by atoms with Crippen molar-refractivity contribution < 1.29 is 19.4 Å². The number of nitrogens with zero attached hydrogens (tertiary/aromatic N) is 1. The molecule has 2 amide bonds. The third-order valence-corrected chi connectivity index (χ3v) is 3.81. The molecule has 0 fully saturated rings. The summed E-state index contributed by atoms with van der Waals surface area (Å²) in [6.07, 6.45) is 1.19. The Morgan fingerprint density at radius 2 is 1.70 bits per heavy atom. The molecule has 2 aromatic carbocycles. The van der Waals surface area contributed by atoms with E-state index in [0.29, 0.717) is 12.0 Å². The average Bonchev–Trinajstić information content (AvgIpc) is 2.62. The van der Waals surface area contributed by atoms with Crippen molar-refractivity contribution in [2.75, 3.05) is 0 Å². The van der Waals surface area contributed by atoms with E-state index in [2.05, 4.69) is 6.58 Å². The van der Waals surface area contributed by atoms with Crippen molar-refractivity contribution in [3.63, 3.8) is 0 Å². The summed E-state index contributed by atoms with van der Waals surface area (Å²) in [6, 6.07) is 14.6. The van der Waals surface area contributed by atoms with Crippen LogP contribution in [-0.2, 0) is 11.2 Å². The van der Waals surface area contributed by atoms with Crippen LogP contribution in [-0.4, -0.2) is 33.6 Å². The van der Waals surface area contributed by atoms with Crippen LogP contribution in [0.3, 0.4) is 0 Å². The summed E-state index contributed by atoms with van der Waals surface area (Å²) in [7, 11) is 0. The van der Waals surface area contributed by atoms with E-state index in [9.17, 15) is 14.7 Å². The van der Waals surface area contributed by atoms with Gasteiger partial charge in [0.25, 0.3) is 5.91 Å². The second-order valence-corrected chi connectivity index (χ2v) is 7.20.